The van der Waals surface area contributed by atoms with Gasteiger partial charge in [-0.2, -0.15) is 0 Å². The molecule has 0 saturated carbocycles. The molecule has 1 aliphatic heterocycles. The number of ether oxygens (including phenoxy) is 3. The number of benzene rings is 1. The Labute approximate surface area is 136 Å². The number of carbonyl (C=O) groups is 2. The van der Waals surface area contributed by atoms with E-state index in [1.807, 2.05) is 27.7 Å². The molecule has 5 heteroatoms. The molecule has 126 valence electrons. The van der Waals surface area contributed by atoms with Gasteiger partial charge in [-0.15, -0.1) is 0 Å². The maximum atomic E-state index is 11.4. The molecule has 0 spiro atoms. The maximum absolute atomic E-state index is 11.4. The van der Waals surface area contributed by atoms with Gasteiger partial charge < -0.3 is 14.2 Å². The van der Waals surface area contributed by atoms with E-state index in [9.17, 15) is 9.59 Å². The summed E-state index contributed by atoms with van der Waals surface area (Å²) in [5.74, 6) is -0.412. The van der Waals surface area contributed by atoms with Crippen LogP contribution in [0.25, 0.3) is 0 Å². The SMILES string of the molecule is CC(=O)Oc1c(C)c(C)c2c(c1C)CC(C)C(C)(OC(C)=O)O2. The lowest BCUT2D eigenvalue weighted by molar-refractivity contribution is -0.210. The molecule has 0 aromatic heterocycles. The van der Waals surface area contributed by atoms with Gasteiger partial charge in [0.15, 0.2) is 0 Å². The first-order valence-electron chi connectivity index (χ1n) is 7.76. The van der Waals surface area contributed by atoms with Crippen LogP contribution in [0, 0.1) is 26.7 Å². The lowest BCUT2D eigenvalue weighted by Gasteiger charge is -2.41. The third-order valence-corrected chi connectivity index (χ3v) is 4.61. The van der Waals surface area contributed by atoms with Crippen molar-refractivity contribution in [2.45, 2.75) is 60.7 Å². The Morgan fingerprint density at radius 2 is 1.70 bits per heavy atom. The molecule has 0 bridgehead atoms. The van der Waals surface area contributed by atoms with Crippen molar-refractivity contribution in [3.8, 4) is 11.5 Å². The predicted octanol–water partition coefficient (Wildman–Crippen LogP) is 3.39. The average Bonchev–Trinajstić information content (AvgIpc) is 2.42. The Morgan fingerprint density at radius 1 is 1.09 bits per heavy atom. The third-order valence-electron chi connectivity index (χ3n) is 4.61. The quantitative estimate of drug-likeness (QED) is 0.617. The van der Waals surface area contributed by atoms with E-state index in [1.54, 1.807) is 6.92 Å². The smallest absolute Gasteiger partial charge is 0.308 e. The van der Waals surface area contributed by atoms with Crippen LogP contribution in [0.15, 0.2) is 0 Å². The van der Waals surface area contributed by atoms with E-state index >= 15 is 0 Å². The number of hydrogen-bond acceptors (Lipinski definition) is 5. The molecular weight excluding hydrogens is 296 g/mol. The van der Waals surface area contributed by atoms with Crippen LogP contribution in [0.5, 0.6) is 11.5 Å². The molecule has 1 aromatic carbocycles. The van der Waals surface area contributed by atoms with Crippen molar-refractivity contribution >= 4 is 11.9 Å². The molecule has 0 aliphatic carbocycles. The lowest BCUT2D eigenvalue weighted by Crippen LogP contribution is -2.47. The molecule has 0 N–H and O–H groups in total. The van der Waals surface area contributed by atoms with E-state index in [4.69, 9.17) is 14.2 Å². The molecule has 2 rings (SSSR count). The van der Waals surface area contributed by atoms with E-state index in [0.29, 0.717) is 12.2 Å². The molecule has 5 nitrogen and oxygen atoms in total. The van der Waals surface area contributed by atoms with E-state index in [2.05, 4.69) is 0 Å². The van der Waals surface area contributed by atoms with E-state index < -0.39 is 5.79 Å². The van der Waals surface area contributed by atoms with Crippen LogP contribution in [-0.4, -0.2) is 17.7 Å². The minimum Gasteiger partial charge on any atom is -0.452 e. The van der Waals surface area contributed by atoms with Gasteiger partial charge >= 0.3 is 11.9 Å². The molecule has 23 heavy (non-hydrogen) atoms. The van der Waals surface area contributed by atoms with Crippen LogP contribution in [0.4, 0.5) is 0 Å². The second-order valence-electron chi connectivity index (χ2n) is 6.42. The molecule has 1 aliphatic rings. The Balaban J connectivity index is 2.57. The molecule has 1 aromatic rings. The van der Waals surface area contributed by atoms with Crippen molar-refractivity contribution in [3.63, 3.8) is 0 Å². The van der Waals surface area contributed by atoms with Gasteiger partial charge in [0.2, 0.25) is 0 Å². The van der Waals surface area contributed by atoms with Gasteiger partial charge in [-0.3, -0.25) is 9.59 Å². The van der Waals surface area contributed by atoms with Crippen molar-refractivity contribution < 1.29 is 23.8 Å². The molecule has 0 saturated heterocycles. The summed E-state index contributed by atoms with van der Waals surface area (Å²) in [5, 5.41) is 0. The summed E-state index contributed by atoms with van der Waals surface area (Å²) in [7, 11) is 0. The highest BCUT2D eigenvalue weighted by atomic mass is 16.7. The fraction of sp³-hybridized carbons (Fsp3) is 0.556. The zero-order valence-corrected chi connectivity index (χ0v) is 14.8. The van der Waals surface area contributed by atoms with Crippen molar-refractivity contribution in [2.75, 3.05) is 0 Å². The summed E-state index contributed by atoms with van der Waals surface area (Å²) in [6.45, 7) is 12.3. The van der Waals surface area contributed by atoms with Gasteiger partial charge in [0.05, 0.1) is 0 Å². The zero-order valence-electron chi connectivity index (χ0n) is 14.8. The van der Waals surface area contributed by atoms with Crippen LogP contribution < -0.4 is 9.47 Å². The molecule has 1 heterocycles. The zero-order chi connectivity index (χ0) is 17.5. The van der Waals surface area contributed by atoms with Gasteiger partial charge in [-0.1, -0.05) is 6.92 Å². The Kier molecular flexibility index (Phi) is 4.42. The summed E-state index contributed by atoms with van der Waals surface area (Å²) in [6, 6.07) is 0. The maximum Gasteiger partial charge on any atom is 0.308 e. The monoisotopic (exact) mass is 320 g/mol. The minimum absolute atomic E-state index is 0.0233. The van der Waals surface area contributed by atoms with Crippen molar-refractivity contribution in [2.24, 2.45) is 5.92 Å². The van der Waals surface area contributed by atoms with Crippen molar-refractivity contribution in [1.29, 1.82) is 0 Å². The molecule has 0 amide bonds. The summed E-state index contributed by atoms with van der Waals surface area (Å²) in [4.78, 5) is 22.8. The van der Waals surface area contributed by atoms with Crippen LogP contribution in [0.1, 0.15) is 49.9 Å². The third kappa shape index (κ3) is 3.05. The second kappa shape index (κ2) is 5.87. The predicted molar refractivity (Wildman–Crippen MR) is 85.6 cm³/mol. The highest BCUT2D eigenvalue weighted by molar-refractivity contribution is 5.72. The van der Waals surface area contributed by atoms with Crippen LogP contribution in [0.2, 0.25) is 0 Å². The number of rotatable bonds is 2. The fourth-order valence-electron chi connectivity index (χ4n) is 3.04. The van der Waals surface area contributed by atoms with Gasteiger partial charge in [-0.05, 0) is 43.9 Å². The largest absolute Gasteiger partial charge is 0.452 e. The van der Waals surface area contributed by atoms with Crippen LogP contribution in [0.3, 0.4) is 0 Å². The Bertz CT molecular complexity index is 677. The average molecular weight is 320 g/mol. The van der Waals surface area contributed by atoms with Gasteiger partial charge in [0.25, 0.3) is 5.79 Å². The van der Waals surface area contributed by atoms with Crippen molar-refractivity contribution in [3.05, 3.63) is 22.3 Å². The molecule has 0 fully saturated rings. The first kappa shape index (κ1) is 17.3. The number of hydrogen-bond donors (Lipinski definition) is 0. The molecule has 0 radical (unpaired) electrons. The highest BCUT2D eigenvalue weighted by Gasteiger charge is 2.43. The minimum atomic E-state index is -0.995. The summed E-state index contributed by atoms with van der Waals surface area (Å²) < 4.78 is 16.9. The number of carbonyl (C=O) groups excluding carboxylic acids is 2. The first-order valence-corrected chi connectivity index (χ1v) is 7.76. The van der Waals surface area contributed by atoms with Crippen molar-refractivity contribution in [1.82, 2.24) is 0 Å². The van der Waals surface area contributed by atoms with Crippen LogP contribution in [-0.2, 0) is 20.7 Å². The normalized spacial score (nSPS) is 22.8. The molecule has 2 atom stereocenters. The molecule has 2 unspecified atom stereocenters. The standard InChI is InChI=1S/C18H24O5/c1-9-8-15-12(4)16(21-13(5)19)10(2)11(3)17(15)23-18(9,7)22-14(6)20/h9H,8H2,1-7H3. The number of esters is 2. The van der Waals surface area contributed by atoms with Gasteiger partial charge in [0.1, 0.15) is 11.5 Å². The first-order chi connectivity index (χ1) is 10.6. The van der Waals surface area contributed by atoms with E-state index in [0.717, 1.165) is 28.0 Å². The summed E-state index contributed by atoms with van der Waals surface area (Å²) >= 11 is 0. The van der Waals surface area contributed by atoms with Crippen LogP contribution >= 0.6 is 0 Å². The summed E-state index contributed by atoms with van der Waals surface area (Å²) in [5.41, 5.74) is 3.65. The highest BCUT2D eigenvalue weighted by Crippen LogP contribution is 2.45. The fourth-order valence-corrected chi connectivity index (χ4v) is 3.04. The Hall–Kier alpha value is -2.04. The topological polar surface area (TPSA) is 61.8 Å². The van der Waals surface area contributed by atoms with E-state index in [-0.39, 0.29) is 17.9 Å². The summed E-state index contributed by atoms with van der Waals surface area (Å²) in [6.07, 6.45) is 0.681. The van der Waals surface area contributed by atoms with Gasteiger partial charge in [-0.25, -0.2) is 0 Å². The van der Waals surface area contributed by atoms with Gasteiger partial charge in [0, 0.05) is 32.3 Å². The number of fused-ring (bicyclic) bond motifs is 1. The van der Waals surface area contributed by atoms with E-state index in [1.165, 1.54) is 13.8 Å². The second-order valence-corrected chi connectivity index (χ2v) is 6.42. The Morgan fingerprint density at radius 3 is 2.22 bits per heavy atom. The lowest BCUT2D eigenvalue weighted by atomic mass is 9.85. The molecular formula is C18H24O5.